The second-order valence-electron chi connectivity index (χ2n) is 5.05. The van der Waals surface area contributed by atoms with Crippen LogP contribution in [-0.2, 0) is 14.1 Å². The number of aryl methyl sites for hydroxylation is 2. The van der Waals surface area contributed by atoms with E-state index in [-0.39, 0.29) is 5.69 Å². The lowest BCUT2D eigenvalue weighted by molar-refractivity contribution is 0.795. The van der Waals surface area contributed by atoms with Gasteiger partial charge >= 0.3 is 5.69 Å². The summed E-state index contributed by atoms with van der Waals surface area (Å²) in [4.78, 5) is 11.9. The zero-order chi connectivity index (χ0) is 15.7. The number of imidazole rings is 1. The van der Waals surface area contributed by atoms with Crippen LogP contribution in [0.5, 0.6) is 0 Å². The number of aromatic nitrogens is 2. The Hall–Kier alpha value is -2.60. The average molecular weight is 312 g/mol. The van der Waals surface area contributed by atoms with Crippen LogP contribution < -0.4 is 16.3 Å². The van der Waals surface area contributed by atoms with Gasteiger partial charge in [0, 0.05) is 25.5 Å². The first-order valence-corrected chi connectivity index (χ1v) is 7.25. The molecule has 0 atom stereocenters. The van der Waals surface area contributed by atoms with E-state index in [2.05, 4.69) is 10.6 Å². The maximum atomic E-state index is 11.9. The van der Waals surface area contributed by atoms with Gasteiger partial charge in [-0.05, 0) is 42.5 Å². The summed E-state index contributed by atoms with van der Waals surface area (Å²) in [5, 5.41) is 6.76. The molecule has 3 aromatic rings. The molecule has 0 aliphatic carbocycles. The third kappa shape index (κ3) is 2.60. The fourth-order valence-electron chi connectivity index (χ4n) is 2.40. The van der Waals surface area contributed by atoms with E-state index in [1.54, 1.807) is 23.2 Å². The van der Waals surface area contributed by atoms with Crippen LogP contribution >= 0.6 is 12.2 Å². The van der Waals surface area contributed by atoms with E-state index < -0.39 is 0 Å². The number of para-hydroxylation sites is 1. The van der Waals surface area contributed by atoms with Crippen molar-refractivity contribution in [3.63, 3.8) is 0 Å². The van der Waals surface area contributed by atoms with Crippen molar-refractivity contribution in [2.24, 2.45) is 14.1 Å². The lowest BCUT2D eigenvalue weighted by Crippen LogP contribution is -2.19. The fraction of sp³-hybridized carbons (Fsp3) is 0.125. The Morgan fingerprint density at radius 1 is 0.909 bits per heavy atom. The molecule has 0 aliphatic rings. The van der Waals surface area contributed by atoms with Crippen molar-refractivity contribution < 1.29 is 0 Å². The van der Waals surface area contributed by atoms with Crippen LogP contribution in [0.2, 0.25) is 0 Å². The molecule has 1 heterocycles. The van der Waals surface area contributed by atoms with Crippen molar-refractivity contribution in [1.29, 1.82) is 0 Å². The van der Waals surface area contributed by atoms with Crippen LogP contribution in [0.1, 0.15) is 0 Å². The van der Waals surface area contributed by atoms with Crippen molar-refractivity contribution >= 4 is 39.7 Å². The number of fused-ring (bicyclic) bond motifs is 1. The number of hydrogen-bond donors (Lipinski definition) is 2. The Labute approximate surface area is 133 Å². The molecule has 5 nitrogen and oxygen atoms in total. The summed E-state index contributed by atoms with van der Waals surface area (Å²) in [6, 6.07) is 15.4. The van der Waals surface area contributed by atoms with Gasteiger partial charge in [-0.1, -0.05) is 18.2 Å². The van der Waals surface area contributed by atoms with Gasteiger partial charge in [0.15, 0.2) is 5.11 Å². The summed E-state index contributed by atoms with van der Waals surface area (Å²) >= 11 is 5.31. The van der Waals surface area contributed by atoms with E-state index in [9.17, 15) is 4.79 Å². The molecule has 0 bridgehead atoms. The Morgan fingerprint density at radius 3 is 2.27 bits per heavy atom. The summed E-state index contributed by atoms with van der Waals surface area (Å²) in [6.07, 6.45) is 0. The van der Waals surface area contributed by atoms with Gasteiger partial charge in [-0.25, -0.2) is 4.79 Å². The number of anilines is 2. The molecule has 6 heteroatoms. The SMILES string of the molecule is Cn1c(=O)n(C)c2cc(NC(=S)Nc3ccccc3)ccc21. The normalized spacial score (nSPS) is 10.6. The number of nitrogens with one attached hydrogen (secondary N) is 2. The summed E-state index contributed by atoms with van der Waals surface area (Å²) in [7, 11) is 3.52. The lowest BCUT2D eigenvalue weighted by atomic mass is 10.2. The smallest absolute Gasteiger partial charge is 0.328 e. The first kappa shape index (κ1) is 14.3. The highest BCUT2D eigenvalue weighted by Gasteiger charge is 2.08. The van der Waals surface area contributed by atoms with E-state index in [0.29, 0.717) is 5.11 Å². The van der Waals surface area contributed by atoms with E-state index in [1.165, 1.54) is 0 Å². The Kier molecular flexibility index (Phi) is 3.68. The summed E-state index contributed by atoms with van der Waals surface area (Å²) in [6.45, 7) is 0. The van der Waals surface area contributed by atoms with Gasteiger partial charge in [-0.3, -0.25) is 9.13 Å². The summed E-state index contributed by atoms with van der Waals surface area (Å²) < 4.78 is 3.24. The molecule has 0 aliphatic heterocycles. The Morgan fingerprint density at radius 2 is 1.55 bits per heavy atom. The standard InChI is InChI=1S/C16H16N4OS/c1-19-13-9-8-12(10-14(13)20(2)16(19)21)18-15(22)17-11-6-4-3-5-7-11/h3-10H,1-2H3,(H2,17,18,22). The third-order valence-electron chi connectivity index (χ3n) is 3.56. The molecule has 1 aromatic heterocycles. The molecule has 0 unspecified atom stereocenters. The van der Waals surface area contributed by atoms with Crippen molar-refractivity contribution in [2.45, 2.75) is 0 Å². The highest BCUT2D eigenvalue weighted by molar-refractivity contribution is 7.80. The first-order valence-electron chi connectivity index (χ1n) is 6.85. The molecule has 0 spiro atoms. The third-order valence-corrected chi connectivity index (χ3v) is 3.77. The highest BCUT2D eigenvalue weighted by atomic mass is 32.1. The van der Waals surface area contributed by atoms with Crippen LogP contribution in [0.4, 0.5) is 11.4 Å². The zero-order valence-electron chi connectivity index (χ0n) is 12.3. The maximum absolute atomic E-state index is 11.9. The van der Waals surface area contributed by atoms with E-state index in [0.717, 1.165) is 22.4 Å². The number of benzene rings is 2. The molecule has 0 fully saturated rings. The molecular formula is C16H16N4OS. The predicted octanol–water partition coefficient (Wildman–Crippen LogP) is 2.69. The fourth-order valence-corrected chi connectivity index (χ4v) is 2.64. The van der Waals surface area contributed by atoms with Crippen molar-refractivity contribution in [3.05, 3.63) is 59.0 Å². The summed E-state index contributed by atoms with van der Waals surface area (Å²) in [5.41, 5.74) is 3.47. The topological polar surface area (TPSA) is 51.0 Å². The van der Waals surface area contributed by atoms with Crippen molar-refractivity contribution in [3.8, 4) is 0 Å². The summed E-state index contributed by atoms with van der Waals surface area (Å²) in [5.74, 6) is 0. The van der Waals surface area contributed by atoms with Crippen LogP contribution in [0.3, 0.4) is 0 Å². The van der Waals surface area contributed by atoms with Gasteiger partial charge in [-0.15, -0.1) is 0 Å². The second-order valence-corrected chi connectivity index (χ2v) is 5.46. The van der Waals surface area contributed by atoms with Crippen LogP contribution in [0, 0.1) is 0 Å². The second kappa shape index (κ2) is 5.65. The highest BCUT2D eigenvalue weighted by Crippen LogP contribution is 2.18. The largest absolute Gasteiger partial charge is 0.332 e. The molecule has 0 saturated carbocycles. The van der Waals surface area contributed by atoms with E-state index in [4.69, 9.17) is 12.2 Å². The zero-order valence-corrected chi connectivity index (χ0v) is 13.1. The molecule has 22 heavy (non-hydrogen) atoms. The lowest BCUT2D eigenvalue weighted by Gasteiger charge is -2.10. The van der Waals surface area contributed by atoms with Gasteiger partial charge in [0.05, 0.1) is 11.0 Å². The number of thiocarbonyl (C=S) groups is 1. The van der Waals surface area contributed by atoms with Gasteiger partial charge in [0.2, 0.25) is 0 Å². The molecule has 2 N–H and O–H groups in total. The van der Waals surface area contributed by atoms with Gasteiger partial charge in [0.25, 0.3) is 0 Å². The van der Waals surface area contributed by atoms with Crippen LogP contribution in [-0.4, -0.2) is 14.2 Å². The predicted molar refractivity (Wildman–Crippen MR) is 94.4 cm³/mol. The monoisotopic (exact) mass is 312 g/mol. The molecule has 2 aromatic carbocycles. The molecule has 0 saturated heterocycles. The van der Waals surface area contributed by atoms with Crippen LogP contribution in [0.15, 0.2) is 53.3 Å². The molecule has 0 radical (unpaired) electrons. The molecule has 3 rings (SSSR count). The number of rotatable bonds is 2. The van der Waals surface area contributed by atoms with Gasteiger partial charge < -0.3 is 10.6 Å². The van der Waals surface area contributed by atoms with Crippen molar-refractivity contribution in [2.75, 3.05) is 10.6 Å². The average Bonchev–Trinajstić information content (AvgIpc) is 2.73. The first-order chi connectivity index (χ1) is 10.6. The Bertz CT molecular complexity index is 896. The van der Waals surface area contributed by atoms with Crippen LogP contribution in [0.25, 0.3) is 11.0 Å². The van der Waals surface area contributed by atoms with E-state index >= 15 is 0 Å². The minimum absolute atomic E-state index is 0.0443. The van der Waals surface area contributed by atoms with Crippen molar-refractivity contribution in [1.82, 2.24) is 9.13 Å². The maximum Gasteiger partial charge on any atom is 0.328 e. The minimum atomic E-state index is -0.0443. The minimum Gasteiger partial charge on any atom is -0.332 e. The van der Waals surface area contributed by atoms with Gasteiger partial charge in [0.1, 0.15) is 0 Å². The van der Waals surface area contributed by atoms with Gasteiger partial charge in [-0.2, -0.15) is 0 Å². The Balaban J connectivity index is 1.84. The van der Waals surface area contributed by atoms with E-state index in [1.807, 2.05) is 48.5 Å². The quantitative estimate of drug-likeness (QED) is 0.714. The number of nitrogens with zero attached hydrogens (tertiary/aromatic N) is 2. The molecule has 112 valence electrons. The molecule has 0 amide bonds. The molecular weight excluding hydrogens is 296 g/mol. The number of hydrogen-bond acceptors (Lipinski definition) is 2.